The minimum absolute atomic E-state index is 0.100. The second-order valence-electron chi connectivity index (χ2n) is 7.63. The standard InChI is InChI=1S/C25H27ClN4O4S/c1-3-34-13-7-12-28-23(32)20-21(27)22(35-25(20)30-19-11-5-4-10-18(19)26)24(33)29-17-9-6-8-16(14-17)15(2)31/h4-6,8-11,14,22H,3,7,12-13,27H2,1-2H3,(H,28,32)(H,29,33)/t22-/m0/s1. The summed E-state index contributed by atoms with van der Waals surface area (Å²) >= 11 is 7.33. The second kappa shape index (κ2) is 12.5. The molecule has 3 rings (SSSR count). The number of rotatable bonds is 10. The smallest absolute Gasteiger partial charge is 0.255 e. The van der Waals surface area contributed by atoms with E-state index in [2.05, 4.69) is 15.6 Å². The number of amides is 2. The van der Waals surface area contributed by atoms with Gasteiger partial charge in [0, 0.05) is 36.7 Å². The lowest BCUT2D eigenvalue weighted by Gasteiger charge is -2.12. The summed E-state index contributed by atoms with van der Waals surface area (Å²) in [6.07, 6.45) is 0.632. The lowest BCUT2D eigenvalue weighted by molar-refractivity contribution is -0.117. The number of aliphatic imine (C=N–C) groups is 1. The monoisotopic (exact) mass is 514 g/mol. The number of anilines is 1. The molecular weight excluding hydrogens is 488 g/mol. The highest BCUT2D eigenvalue weighted by Crippen LogP contribution is 2.36. The molecule has 184 valence electrons. The maximum Gasteiger partial charge on any atom is 0.255 e. The number of halogens is 1. The number of thioether (sulfide) groups is 1. The van der Waals surface area contributed by atoms with Gasteiger partial charge in [0.25, 0.3) is 5.91 Å². The van der Waals surface area contributed by atoms with Crippen molar-refractivity contribution in [2.45, 2.75) is 25.5 Å². The number of ketones is 1. The number of hydrogen-bond donors (Lipinski definition) is 3. The number of benzene rings is 2. The van der Waals surface area contributed by atoms with Crippen LogP contribution in [0.2, 0.25) is 5.02 Å². The quantitative estimate of drug-likeness (QED) is 0.324. The van der Waals surface area contributed by atoms with Crippen LogP contribution in [0.1, 0.15) is 30.6 Å². The molecule has 10 heteroatoms. The Hall–Kier alpha value is -3.14. The predicted molar refractivity (Wildman–Crippen MR) is 140 cm³/mol. The van der Waals surface area contributed by atoms with E-state index in [4.69, 9.17) is 22.1 Å². The van der Waals surface area contributed by atoms with Crippen molar-refractivity contribution < 1.29 is 19.1 Å². The van der Waals surface area contributed by atoms with E-state index in [-0.39, 0.29) is 17.1 Å². The lowest BCUT2D eigenvalue weighted by Crippen LogP contribution is -2.32. The van der Waals surface area contributed by atoms with Crippen LogP contribution in [0.25, 0.3) is 0 Å². The van der Waals surface area contributed by atoms with Gasteiger partial charge in [0.1, 0.15) is 10.3 Å². The molecule has 1 aliphatic rings. The van der Waals surface area contributed by atoms with Gasteiger partial charge in [-0.2, -0.15) is 0 Å². The SMILES string of the molecule is CCOCCCNC(=O)C1=C(N)[C@@H](C(=O)Nc2cccc(C(C)=O)c2)SC1=Nc1ccccc1Cl. The number of hydrogen-bond acceptors (Lipinski definition) is 7. The summed E-state index contributed by atoms with van der Waals surface area (Å²) in [6.45, 7) is 4.85. The first-order valence-electron chi connectivity index (χ1n) is 11.1. The third-order valence-corrected chi connectivity index (χ3v) is 6.59. The zero-order valence-corrected chi connectivity index (χ0v) is 21.0. The van der Waals surface area contributed by atoms with E-state index in [0.717, 1.165) is 11.8 Å². The first-order chi connectivity index (χ1) is 16.8. The minimum Gasteiger partial charge on any atom is -0.400 e. The Kier molecular flexibility index (Phi) is 9.47. The fraction of sp³-hybridized carbons (Fsp3) is 0.280. The van der Waals surface area contributed by atoms with Gasteiger partial charge in [-0.1, -0.05) is 47.6 Å². The van der Waals surface area contributed by atoms with E-state index in [0.29, 0.717) is 53.2 Å². The molecule has 2 amide bonds. The molecule has 35 heavy (non-hydrogen) atoms. The Morgan fingerprint density at radius 2 is 1.94 bits per heavy atom. The van der Waals surface area contributed by atoms with Crippen LogP contribution in [0.3, 0.4) is 0 Å². The molecule has 2 aromatic carbocycles. The average Bonchev–Trinajstić information content (AvgIpc) is 3.16. The molecule has 1 heterocycles. The van der Waals surface area contributed by atoms with E-state index >= 15 is 0 Å². The van der Waals surface area contributed by atoms with E-state index in [1.54, 1.807) is 48.5 Å². The Morgan fingerprint density at radius 1 is 1.17 bits per heavy atom. The molecule has 0 bridgehead atoms. The molecule has 0 aromatic heterocycles. The molecule has 1 atom stereocenters. The highest BCUT2D eigenvalue weighted by molar-refractivity contribution is 8.16. The van der Waals surface area contributed by atoms with Gasteiger partial charge >= 0.3 is 0 Å². The molecule has 1 aliphatic heterocycles. The van der Waals surface area contributed by atoms with Gasteiger partial charge in [-0.05, 0) is 44.5 Å². The van der Waals surface area contributed by atoms with Crippen LogP contribution in [-0.2, 0) is 14.3 Å². The van der Waals surface area contributed by atoms with Crippen molar-refractivity contribution in [2.75, 3.05) is 25.1 Å². The van der Waals surface area contributed by atoms with E-state index in [1.807, 2.05) is 6.92 Å². The van der Waals surface area contributed by atoms with Gasteiger partial charge in [0.2, 0.25) is 5.91 Å². The van der Waals surface area contributed by atoms with Gasteiger partial charge in [-0.3, -0.25) is 14.4 Å². The van der Waals surface area contributed by atoms with Crippen LogP contribution in [0, 0.1) is 0 Å². The molecule has 0 saturated heterocycles. The van der Waals surface area contributed by atoms with Gasteiger partial charge in [0.15, 0.2) is 5.78 Å². The highest BCUT2D eigenvalue weighted by Gasteiger charge is 2.38. The maximum atomic E-state index is 13.1. The Labute approximate surface area is 213 Å². The summed E-state index contributed by atoms with van der Waals surface area (Å²) in [4.78, 5) is 42.4. The summed E-state index contributed by atoms with van der Waals surface area (Å²) < 4.78 is 5.30. The molecule has 0 radical (unpaired) electrons. The topological polar surface area (TPSA) is 123 Å². The minimum atomic E-state index is -0.888. The van der Waals surface area contributed by atoms with Gasteiger partial charge in [0.05, 0.1) is 16.3 Å². The number of carbonyl (C=O) groups excluding carboxylic acids is 3. The summed E-state index contributed by atoms with van der Waals surface area (Å²) in [5, 5.41) is 5.42. The van der Waals surface area contributed by atoms with Gasteiger partial charge < -0.3 is 21.1 Å². The molecule has 0 spiro atoms. The average molecular weight is 515 g/mol. The molecule has 2 aromatic rings. The molecule has 0 unspecified atom stereocenters. The van der Waals surface area contributed by atoms with E-state index in [9.17, 15) is 14.4 Å². The normalized spacial score (nSPS) is 16.4. The number of nitrogens with one attached hydrogen (secondary N) is 2. The summed E-state index contributed by atoms with van der Waals surface area (Å²) in [6, 6.07) is 13.6. The molecular formula is C25H27ClN4O4S. The largest absolute Gasteiger partial charge is 0.400 e. The van der Waals surface area contributed by atoms with Crippen molar-refractivity contribution in [1.82, 2.24) is 5.32 Å². The van der Waals surface area contributed by atoms with E-state index < -0.39 is 17.1 Å². The molecule has 4 N–H and O–H groups in total. The zero-order valence-electron chi connectivity index (χ0n) is 19.5. The van der Waals surface area contributed by atoms with Crippen LogP contribution in [0.5, 0.6) is 0 Å². The van der Waals surface area contributed by atoms with Crippen molar-refractivity contribution in [3.63, 3.8) is 0 Å². The van der Waals surface area contributed by atoms with Crippen LogP contribution in [0.15, 0.2) is 64.8 Å². The third-order valence-electron chi connectivity index (χ3n) is 5.05. The fourth-order valence-corrected chi connectivity index (χ4v) is 4.57. The van der Waals surface area contributed by atoms with Crippen LogP contribution in [-0.4, -0.2) is 47.6 Å². The Bertz CT molecular complexity index is 1180. The Morgan fingerprint density at radius 3 is 2.66 bits per heavy atom. The summed E-state index contributed by atoms with van der Waals surface area (Å²) in [7, 11) is 0. The number of carbonyl (C=O) groups is 3. The molecule has 0 fully saturated rings. The van der Waals surface area contributed by atoms with Crippen LogP contribution >= 0.6 is 23.4 Å². The van der Waals surface area contributed by atoms with Gasteiger partial charge in [-0.15, -0.1) is 0 Å². The lowest BCUT2D eigenvalue weighted by atomic mass is 10.1. The van der Waals surface area contributed by atoms with Crippen LogP contribution < -0.4 is 16.4 Å². The van der Waals surface area contributed by atoms with Crippen molar-refractivity contribution in [3.05, 3.63) is 70.4 Å². The zero-order chi connectivity index (χ0) is 25.4. The number of para-hydroxylation sites is 1. The maximum absolute atomic E-state index is 13.1. The molecule has 0 saturated carbocycles. The molecule has 8 nitrogen and oxygen atoms in total. The van der Waals surface area contributed by atoms with Crippen molar-refractivity contribution in [2.24, 2.45) is 10.7 Å². The first-order valence-corrected chi connectivity index (χ1v) is 12.3. The number of nitrogens with zero attached hydrogens (tertiary/aromatic N) is 1. The summed E-state index contributed by atoms with van der Waals surface area (Å²) in [5.74, 6) is -0.974. The van der Waals surface area contributed by atoms with Crippen molar-refractivity contribution >= 4 is 57.4 Å². The summed E-state index contributed by atoms with van der Waals surface area (Å²) in [5.41, 5.74) is 7.96. The molecule has 0 aliphatic carbocycles. The third kappa shape index (κ3) is 6.94. The predicted octanol–water partition coefficient (Wildman–Crippen LogP) is 4.08. The Balaban J connectivity index is 1.86. The highest BCUT2D eigenvalue weighted by atomic mass is 35.5. The fourth-order valence-electron chi connectivity index (χ4n) is 3.28. The van der Waals surface area contributed by atoms with Crippen molar-refractivity contribution in [1.29, 1.82) is 0 Å². The van der Waals surface area contributed by atoms with Crippen LogP contribution in [0.4, 0.5) is 11.4 Å². The first kappa shape index (κ1) is 26.5. The van der Waals surface area contributed by atoms with E-state index in [1.165, 1.54) is 6.92 Å². The van der Waals surface area contributed by atoms with Crippen molar-refractivity contribution in [3.8, 4) is 0 Å². The van der Waals surface area contributed by atoms with Gasteiger partial charge in [-0.25, -0.2) is 4.99 Å². The number of nitrogens with two attached hydrogens (primary N) is 1. The second-order valence-corrected chi connectivity index (χ2v) is 9.13. The number of Topliss-reactive ketones (excluding diaryl/α,β-unsaturated/α-hetero) is 1. The number of ether oxygens (including phenoxy) is 1.